The molecule has 1 saturated heterocycles. The van der Waals surface area contributed by atoms with Crippen LogP contribution in [0.15, 0.2) is 30.3 Å². The molecule has 1 aromatic rings. The third-order valence-electron chi connectivity index (χ3n) is 4.20. The SMILES string of the molecule is CC(C)N1CC(CC(=O)O)CC(NCc2ccccc2)C1. The molecule has 4 nitrogen and oxygen atoms in total. The molecule has 2 atom stereocenters. The van der Waals surface area contributed by atoms with Crippen molar-refractivity contribution in [1.82, 2.24) is 10.2 Å². The maximum absolute atomic E-state index is 11.0. The van der Waals surface area contributed by atoms with Crippen molar-refractivity contribution >= 4 is 5.97 Å². The minimum atomic E-state index is -0.688. The molecule has 0 saturated carbocycles. The van der Waals surface area contributed by atoms with Gasteiger partial charge in [-0.05, 0) is 31.7 Å². The van der Waals surface area contributed by atoms with Gasteiger partial charge in [-0.1, -0.05) is 30.3 Å². The molecule has 0 bridgehead atoms. The van der Waals surface area contributed by atoms with Crippen LogP contribution in [0.3, 0.4) is 0 Å². The van der Waals surface area contributed by atoms with E-state index in [2.05, 4.69) is 36.2 Å². The summed E-state index contributed by atoms with van der Waals surface area (Å²) in [6.07, 6.45) is 1.22. The molecular weight excluding hydrogens is 264 g/mol. The molecule has 2 unspecified atom stereocenters. The Balaban J connectivity index is 1.92. The second-order valence-electron chi connectivity index (χ2n) is 6.31. The van der Waals surface area contributed by atoms with Gasteiger partial charge >= 0.3 is 5.97 Å². The van der Waals surface area contributed by atoms with Gasteiger partial charge in [0.25, 0.3) is 0 Å². The van der Waals surface area contributed by atoms with Gasteiger partial charge in [0.05, 0.1) is 0 Å². The number of carbonyl (C=O) groups is 1. The normalized spacial score (nSPS) is 23.4. The predicted octanol–water partition coefficient (Wildman–Crippen LogP) is 2.35. The average Bonchev–Trinajstić information content (AvgIpc) is 2.45. The molecule has 2 N–H and O–H groups in total. The summed E-state index contributed by atoms with van der Waals surface area (Å²) in [4.78, 5) is 13.4. The second kappa shape index (κ2) is 7.57. The van der Waals surface area contributed by atoms with Crippen LogP contribution in [0.25, 0.3) is 0 Å². The number of hydrogen-bond donors (Lipinski definition) is 2. The lowest BCUT2D eigenvalue weighted by molar-refractivity contribution is -0.138. The quantitative estimate of drug-likeness (QED) is 0.844. The van der Waals surface area contributed by atoms with Crippen molar-refractivity contribution in [3.05, 3.63) is 35.9 Å². The maximum Gasteiger partial charge on any atom is 0.303 e. The lowest BCUT2D eigenvalue weighted by Gasteiger charge is -2.40. The molecule has 0 spiro atoms. The number of carboxylic acid groups (broad SMARTS) is 1. The zero-order valence-corrected chi connectivity index (χ0v) is 13.0. The molecule has 0 aromatic heterocycles. The Bertz CT molecular complexity index is 447. The van der Waals surface area contributed by atoms with Crippen molar-refractivity contribution < 1.29 is 9.90 Å². The van der Waals surface area contributed by atoms with Crippen molar-refractivity contribution in [2.75, 3.05) is 13.1 Å². The van der Waals surface area contributed by atoms with Crippen molar-refractivity contribution in [3.63, 3.8) is 0 Å². The van der Waals surface area contributed by atoms with Gasteiger partial charge in [0.15, 0.2) is 0 Å². The van der Waals surface area contributed by atoms with Crippen molar-refractivity contribution in [1.29, 1.82) is 0 Å². The van der Waals surface area contributed by atoms with E-state index >= 15 is 0 Å². The third kappa shape index (κ3) is 5.14. The molecule has 1 aliphatic rings. The first-order valence-corrected chi connectivity index (χ1v) is 7.77. The number of benzene rings is 1. The fourth-order valence-corrected chi connectivity index (χ4v) is 3.06. The first kappa shape index (κ1) is 16.0. The lowest BCUT2D eigenvalue weighted by Crippen LogP contribution is -2.51. The van der Waals surface area contributed by atoms with Gasteiger partial charge in [0.1, 0.15) is 0 Å². The van der Waals surface area contributed by atoms with Gasteiger partial charge in [-0.25, -0.2) is 0 Å². The molecule has 1 aromatic carbocycles. The Morgan fingerprint density at radius 1 is 1.33 bits per heavy atom. The van der Waals surface area contributed by atoms with Gasteiger partial charge in [0.2, 0.25) is 0 Å². The topological polar surface area (TPSA) is 52.6 Å². The van der Waals surface area contributed by atoms with Crippen molar-refractivity contribution in [3.8, 4) is 0 Å². The van der Waals surface area contributed by atoms with Crippen LogP contribution in [-0.4, -0.2) is 41.1 Å². The summed E-state index contributed by atoms with van der Waals surface area (Å²) in [6.45, 7) is 7.10. The van der Waals surface area contributed by atoms with E-state index in [1.54, 1.807) is 0 Å². The molecule has 4 heteroatoms. The summed E-state index contributed by atoms with van der Waals surface area (Å²) in [5.41, 5.74) is 1.27. The Hall–Kier alpha value is -1.39. The van der Waals surface area contributed by atoms with Crippen LogP contribution in [0.4, 0.5) is 0 Å². The van der Waals surface area contributed by atoms with Crippen LogP contribution in [-0.2, 0) is 11.3 Å². The molecule has 0 amide bonds. The molecule has 1 fully saturated rings. The van der Waals surface area contributed by atoms with E-state index in [0.717, 1.165) is 26.1 Å². The van der Waals surface area contributed by atoms with Gasteiger partial charge in [-0.15, -0.1) is 0 Å². The van der Waals surface area contributed by atoms with E-state index in [0.29, 0.717) is 12.1 Å². The van der Waals surface area contributed by atoms with Crippen molar-refractivity contribution in [2.24, 2.45) is 5.92 Å². The molecule has 116 valence electrons. The molecule has 21 heavy (non-hydrogen) atoms. The fourth-order valence-electron chi connectivity index (χ4n) is 3.06. The highest BCUT2D eigenvalue weighted by Gasteiger charge is 2.29. The smallest absolute Gasteiger partial charge is 0.303 e. The lowest BCUT2D eigenvalue weighted by atomic mass is 9.90. The van der Waals surface area contributed by atoms with Crippen molar-refractivity contribution in [2.45, 2.75) is 45.3 Å². The monoisotopic (exact) mass is 290 g/mol. The van der Waals surface area contributed by atoms with E-state index in [4.69, 9.17) is 5.11 Å². The van der Waals surface area contributed by atoms with Crippen LogP contribution in [0, 0.1) is 5.92 Å². The Morgan fingerprint density at radius 3 is 2.67 bits per heavy atom. The number of nitrogens with zero attached hydrogens (tertiary/aromatic N) is 1. The molecule has 1 heterocycles. The fraction of sp³-hybridized carbons (Fsp3) is 0.588. The average molecular weight is 290 g/mol. The van der Waals surface area contributed by atoms with Crippen LogP contribution < -0.4 is 5.32 Å². The van der Waals surface area contributed by atoms with E-state index in [-0.39, 0.29) is 12.3 Å². The first-order chi connectivity index (χ1) is 10.0. The number of carboxylic acids is 1. The zero-order chi connectivity index (χ0) is 15.2. The van der Waals surface area contributed by atoms with Crippen LogP contribution in [0.5, 0.6) is 0 Å². The largest absolute Gasteiger partial charge is 0.481 e. The molecular formula is C17H26N2O2. The summed E-state index contributed by atoms with van der Waals surface area (Å²) >= 11 is 0. The van der Waals surface area contributed by atoms with Crippen LogP contribution in [0.2, 0.25) is 0 Å². The molecule has 1 aliphatic heterocycles. The van der Waals surface area contributed by atoms with E-state index in [1.165, 1.54) is 5.56 Å². The zero-order valence-electron chi connectivity index (χ0n) is 13.0. The van der Waals surface area contributed by atoms with E-state index in [1.807, 2.05) is 18.2 Å². The second-order valence-corrected chi connectivity index (χ2v) is 6.31. The minimum absolute atomic E-state index is 0.243. The number of nitrogens with one attached hydrogen (secondary N) is 1. The highest BCUT2D eigenvalue weighted by molar-refractivity contribution is 5.67. The van der Waals surface area contributed by atoms with Crippen LogP contribution >= 0.6 is 0 Å². The first-order valence-electron chi connectivity index (χ1n) is 7.77. The van der Waals surface area contributed by atoms with E-state index in [9.17, 15) is 4.79 Å². The Morgan fingerprint density at radius 2 is 2.05 bits per heavy atom. The van der Waals surface area contributed by atoms with Gasteiger partial charge in [-0.2, -0.15) is 0 Å². The maximum atomic E-state index is 11.0. The summed E-state index contributed by atoms with van der Waals surface area (Å²) in [5, 5.41) is 12.6. The molecule has 2 rings (SSSR count). The Kier molecular flexibility index (Phi) is 5.76. The van der Waals surface area contributed by atoms with Crippen LogP contribution in [0.1, 0.15) is 32.3 Å². The van der Waals surface area contributed by atoms with Gasteiger partial charge in [-0.3, -0.25) is 9.69 Å². The molecule has 0 radical (unpaired) electrons. The number of aliphatic carboxylic acids is 1. The highest BCUT2D eigenvalue weighted by atomic mass is 16.4. The minimum Gasteiger partial charge on any atom is -0.481 e. The third-order valence-corrected chi connectivity index (χ3v) is 4.20. The number of rotatable bonds is 6. The Labute approximate surface area is 127 Å². The van der Waals surface area contributed by atoms with E-state index < -0.39 is 5.97 Å². The highest BCUT2D eigenvalue weighted by Crippen LogP contribution is 2.22. The molecule has 0 aliphatic carbocycles. The number of hydrogen-bond acceptors (Lipinski definition) is 3. The van der Waals surface area contributed by atoms with Gasteiger partial charge < -0.3 is 10.4 Å². The summed E-state index contributed by atoms with van der Waals surface area (Å²) in [7, 11) is 0. The predicted molar refractivity (Wildman–Crippen MR) is 84.1 cm³/mol. The standard InChI is InChI=1S/C17H26N2O2/c1-13(2)19-11-15(9-17(20)21)8-16(12-19)18-10-14-6-4-3-5-7-14/h3-7,13,15-16,18H,8-12H2,1-2H3,(H,20,21). The summed E-state index contributed by atoms with van der Waals surface area (Å²) in [6, 6.07) is 11.2. The summed E-state index contributed by atoms with van der Waals surface area (Å²) in [5.74, 6) is -0.445. The summed E-state index contributed by atoms with van der Waals surface area (Å²) < 4.78 is 0. The van der Waals surface area contributed by atoms with Gasteiger partial charge in [0, 0.05) is 38.1 Å². The number of likely N-dealkylation sites (tertiary alicyclic amines) is 1. The number of piperidine rings is 1.